The lowest BCUT2D eigenvalue weighted by molar-refractivity contribution is 0.0942. The molecule has 1 amide bonds. The van der Waals surface area contributed by atoms with Crippen molar-refractivity contribution in [3.63, 3.8) is 0 Å². The van der Waals surface area contributed by atoms with Gasteiger partial charge in [-0.25, -0.2) is 0 Å². The highest BCUT2D eigenvalue weighted by Crippen LogP contribution is 2.03. The van der Waals surface area contributed by atoms with Crippen LogP contribution in [0.25, 0.3) is 0 Å². The Morgan fingerprint density at radius 1 is 1.41 bits per heavy atom. The fraction of sp³-hybridized carbons (Fsp3) is 0.250. The summed E-state index contributed by atoms with van der Waals surface area (Å²) in [6.07, 6.45) is 1.74. The van der Waals surface area contributed by atoms with E-state index in [9.17, 15) is 4.79 Å². The Hall–Kier alpha value is -2.17. The van der Waals surface area contributed by atoms with Gasteiger partial charge in [0.05, 0.1) is 0 Å². The molecule has 1 N–H and O–H groups in total. The number of rotatable bonds is 3. The first-order valence-electron chi connectivity index (χ1n) is 5.28. The van der Waals surface area contributed by atoms with Crippen LogP contribution in [0.3, 0.4) is 0 Å². The second kappa shape index (κ2) is 4.78. The van der Waals surface area contributed by atoms with Crippen LogP contribution < -0.4 is 5.32 Å². The summed E-state index contributed by atoms with van der Waals surface area (Å²) in [5.41, 5.74) is 2.19. The Morgan fingerprint density at radius 3 is 2.82 bits per heavy atom. The summed E-state index contributed by atoms with van der Waals surface area (Å²) in [6, 6.07) is 5.43. The smallest absolute Gasteiger partial charge is 0.273 e. The van der Waals surface area contributed by atoms with Gasteiger partial charge in [0, 0.05) is 24.5 Å². The van der Waals surface area contributed by atoms with Gasteiger partial charge in [-0.05, 0) is 25.5 Å². The van der Waals surface area contributed by atoms with Crippen molar-refractivity contribution in [3.8, 4) is 0 Å². The third-order valence-electron chi connectivity index (χ3n) is 2.29. The van der Waals surface area contributed by atoms with E-state index in [2.05, 4.69) is 15.5 Å². The van der Waals surface area contributed by atoms with E-state index in [1.54, 1.807) is 19.2 Å². The molecule has 2 aromatic rings. The maximum absolute atomic E-state index is 11.6. The largest absolute Gasteiger partial charge is 0.361 e. The molecule has 0 fully saturated rings. The van der Waals surface area contributed by atoms with Crippen LogP contribution >= 0.6 is 0 Å². The monoisotopic (exact) mass is 231 g/mol. The van der Waals surface area contributed by atoms with E-state index in [0.29, 0.717) is 18.0 Å². The molecule has 0 radical (unpaired) electrons. The molecule has 0 bridgehead atoms. The topological polar surface area (TPSA) is 68.0 Å². The van der Waals surface area contributed by atoms with Crippen LogP contribution in [-0.2, 0) is 6.54 Å². The predicted octanol–water partition coefficient (Wildman–Crippen LogP) is 1.62. The summed E-state index contributed by atoms with van der Waals surface area (Å²) in [5, 5.41) is 6.39. The van der Waals surface area contributed by atoms with Gasteiger partial charge in [0.15, 0.2) is 5.69 Å². The van der Waals surface area contributed by atoms with E-state index in [1.165, 1.54) is 0 Å². The Morgan fingerprint density at radius 2 is 2.24 bits per heavy atom. The van der Waals surface area contributed by atoms with Crippen LogP contribution in [-0.4, -0.2) is 16.0 Å². The number of nitrogens with zero attached hydrogens (tertiary/aromatic N) is 2. The molecule has 0 aromatic carbocycles. The molecule has 0 saturated carbocycles. The zero-order chi connectivity index (χ0) is 12.3. The third kappa shape index (κ3) is 2.90. The van der Waals surface area contributed by atoms with Gasteiger partial charge in [0.1, 0.15) is 5.76 Å². The van der Waals surface area contributed by atoms with Gasteiger partial charge in [0.2, 0.25) is 0 Å². The Kier molecular flexibility index (Phi) is 3.18. The predicted molar refractivity (Wildman–Crippen MR) is 61.4 cm³/mol. The quantitative estimate of drug-likeness (QED) is 0.871. The summed E-state index contributed by atoms with van der Waals surface area (Å²) < 4.78 is 4.83. The average Bonchev–Trinajstić information content (AvgIpc) is 2.75. The molecule has 88 valence electrons. The van der Waals surface area contributed by atoms with Crippen molar-refractivity contribution in [1.29, 1.82) is 0 Å². The van der Waals surface area contributed by atoms with Gasteiger partial charge in [-0.2, -0.15) is 0 Å². The molecule has 0 unspecified atom stereocenters. The SMILES string of the molecule is Cc1ccc(CNC(=O)c2cc(C)on2)cn1. The van der Waals surface area contributed by atoms with E-state index < -0.39 is 0 Å². The van der Waals surface area contributed by atoms with E-state index in [1.807, 2.05) is 19.1 Å². The van der Waals surface area contributed by atoms with E-state index in [0.717, 1.165) is 11.3 Å². The minimum absolute atomic E-state index is 0.248. The zero-order valence-corrected chi connectivity index (χ0v) is 9.73. The highest BCUT2D eigenvalue weighted by molar-refractivity contribution is 5.92. The first-order chi connectivity index (χ1) is 8.15. The van der Waals surface area contributed by atoms with E-state index >= 15 is 0 Å². The molecule has 0 aliphatic rings. The van der Waals surface area contributed by atoms with Crippen molar-refractivity contribution in [2.24, 2.45) is 0 Å². The Balaban J connectivity index is 1.94. The lowest BCUT2D eigenvalue weighted by atomic mass is 10.2. The number of aryl methyl sites for hydroxylation is 2. The summed E-state index contributed by atoms with van der Waals surface area (Å²) >= 11 is 0. The molecule has 2 rings (SSSR count). The minimum atomic E-state index is -0.248. The van der Waals surface area contributed by atoms with Gasteiger partial charge in [0.25, 0.3) is 5.91 Å². The van der Waals surface area contributed by atoms with Gasteiger partial charge < -0.3 is 9.84 Å². The number of hydrogen-bond acceptors (Lipinski definition) is 4. The molecular weight excluding hydrogens is 218 g/mol. The number of pyridine rings is 1. The van der Waals surface area contributed by atoms with Crippen LogP contribution in [0, 0.1) is 13.8 Å². The molecule has 0 aliphatic carbocycles. The molecule has 5 nitrogen and oxygen atoms in total. The third-order valence-corrected chi connectivity index (χ3v) is 2.29. The van der Waals surface area contributed by atoms with Gasteiger partial charge in [-0.15, -0.1) is 0 Å². The molecule has 0 atom stereocenters. The normalized spacial score (nSPS) is 10.2. The summed E-state index contributed by atoms with van der Waals surface area (Å²) in [4.78, 5) is 15.8. The standard InChI is InChI=1S/C12H13N3O2/c1-8-3-4-10(6-13-8)7-14-12(16)11-5-9(2)17-15-11/h3-6H,7H2,1-2H3,(H,14,16). The fourth-order valence-electron chi connectivity index (χ4n) is 1.35. The first-order valence-corrected chi connectivity index (χ1v) is 5.28. The zero-order valence-electron chi connectivity index (χ0n) is 9.73. The van der Waals surface area contributed by atoms with E-state index in [4.69, 9.17) is 4.52 Å². The van der Waals surface area contributed by atoms with Crippen molar-refractivity contribution in [2.45, 2.75) is 20.4 Å². The van der Waals surface area contributed by atoms with E-state index in [-0.39, 0.29) is 5.91 Å². The second-order valence-corrected chi connectivity index (χ2v) is 3.81. The fourth-order valence-corrected chi connectivity index (χ4v) is 1.35. The molecule has 2 heterocycles. The average molecular weight is 231 g/mol. The highest BCUT2D eigenvalue weighted by atomic mass is 16.5. The lowest BCUT2D eigenvalue weighted by Gasteiger charge is -2.02. The van der Waals surface area contributed by atoms with Crippen LogP contribution in [0.2, 0.25) is 0 Å². The number of carbonyl (C=O) groups excluding carboxylic acids is 1. The van der Waals surface area contributed by atoms with Crippen molar-refractivity contribution in [3.05, 3.63) is 47.1 Å². The summed E-state index contributed by atoms with van der Waals surface area (Å²) in [6.45, 7) is 4.09. The Labute approximate surface area is 98.8 Å². The molecule has 5 heteroatoms. The van der Waals surface area contributed by atoms with Gasteiger partial charge in [-0.1, -0.05) is 11.2 Å². The first kappa shape index (κ1) is 11.3. The molecule has 0 saturated heterocycles. The molecule has 17 heavy (non-hydrogen) atoms. The maximum Gasteiger partial charge on any atom is 0.273 e. The van der Waals surface area contributed by atoms with Crippen molar-refractivity contribution < 1.29 is 9.32 Å². The number of amides is 1. The number of hydrogen-bond donors (Lipinski definition) is 1. The van der Waals surface area contributed by atoms with Crippen molar-refractivity contribution in [2.75, 3.05) is 0 Å². The lowest BCUT2D eigenvalue weighted by Crippen LogP contribution is -2.23. The molecule has 0 spiro atoms. The number of nitrogens with one attached hydrogen (secondary N) is 1. The maximum atomic E-state index is 11.6. The van der Waals surface area contributed by atoms with Crippen molar-refractivity contribution in [1.82, 2.24) is 15.5 Å². The summed E-state index contributed by atoms with van der Waals surface area (Å²) in [7, 11) is 0. The van der Waals surface area contributed by atoms with Crippen LogP contribution in [0.4, 0.5) is 0 Å². The van der Waals surface area contributed by atoms with Crippen LogP contribution in [0.15, 0.2) is 28.9 Å². The Bertz CT molecular complexity index is 517. The molecular formula is C12H13N3O2. The van der Waals surface area contributed by atoms with Gasteiger partial charge in [-0.3, -0.25) is 9.78 Å². The molecule has 0 aliphatic heterocycles. The van der Waals surface area contributed by atoms with Crippen LogP contribution in [0.1, 0.15) is 27.5 Å². The number of carbonyl (C=O) groups is 1. The summed E-state index contributed by atoms with van der Waals surface area (Å²) in [5.74, 6) is 0.370. The second-order valence-electron chi connectivity index (χ2n) is 3.81. The molecule has 2 aromatic heterocycles. The highest BCUT2D eigenvalue weighted by Gasteiger charge is 2.09. The minimum Gasteiger partial charge on any atom is -0.361 e. The number of aromatic nitrogens is 2. The van der Waals surface area contributed by atoms with Gasteiger partial charge >= 0.3 is 0 Å². The van der Waals surface area contributed by atoms with Crippen molar-refractivity contribution >= 4 is 5.91 Å². The van der Waals surface area contributed by atoms with Crippen LogP contribution in [0.5, 0.6) is 0 Å².